The first-order valence-electron chi connectivity index (χ1n) is 8.55. The van der Waals surface area contributed by atoms with Crippen LogP contribution in [-0.2, 0) is 16.1 Å². The maximum Gasteiger partial charge on any atom is 0.251 e. The normalized spacial score (nSPS) is 12.6. The predicted octanol–water partition coefficient (Wildman–Crippen LogP) is 3.10. The molecule has 0 unspecified atom stereocenters. The summed E-state index contributed by atoms with van der Waals surface area (Å²) in [5.74, 6) is -0.149. The van der Waals surface area contributed by atoms with Crippen LogP contribution in [0.25, 0.3) is 12.2 Å². The van der Waals surface area contributed by atoms with Gasteiger partial charge in [-0.2, -0.15) is 0 Å². The largest absolute Gasteiger partial charge is 0.383 e. The lowest BCUT2D eigenvalue weighted by Crippen LogP contribution is -2.29. The van der Waals surface area contributed by atoms with Gasteiger partial charge in [0.1, 0.15) is 0 Å². The van der Waals surface area contributed by atoms with E-state index in [1.165, 1.54) is 0 Å². The van der Waals surface area contributed by atoms with Crippen molar-refractivity contribution < 1.29 is 14.3 Å². The number of methoxy groups -OCH3 is 1. The van der Waals surface area contributed by atoms with Crippen LogP contribution in [0.5, 0.6) is 0 Å². The van der Waals surface area contributed by atoms with Crippen LogP contribution in [-0.4, -0.2) is 32.1 Å². The molecule has 0 saturated carbocycles. The number of hydrogen-bond donors (Lipinski definition) is 1. The quantitative estimate of drug-likeness (QED) is 0.862. The highest BCUT2D eigenvalue weighted by atomic mass is 16.5. The van der Waals surface area contributed by atoms with Crippen molar-refractivity contribution in [1.82, 2.24) is 5.32 Å². The maximum atomic E-state index is 12.3. The Morgan fingerprint density at radius 2 is 1.88 bits per heavy atom. The topological polar surface area (TPSA) is 58.6 Å². The minimum Gasteiger partial charge on any atom is -0.383 e. The summed E-state index contributed by atoms with van der Waals surface area (Å²) in [5, 5.41) is 2.82. The van der Waals surface area contributed by atoms with Crippen LogP contribution in [0.15, 0.2) is 42.5 Å². The molecule has 0 bridgehead atoms. The zero-order valence-corrected chi connectivity index (χ0v) is 15.0. The fourth-order valence-electron chi connectivity index (χ4n) is 2.99. The highest BCUT2D eigenvalue weighted by Crippen LogP contribution is 2.29. The molecule has 0 atom stereocenters. The molecule has 1 aliphatic heterocycles. The Bertz CT molecular complexity index is 858. The fraction of sp³-hybridized carbons (Fsp3) is 0.238. The summed E-state index contributed by atoms with van der Waals surface area (Å²) in [5.41, 5.74) is 4.39. The highest BCUT2D eigenvalue weighted by Gasteiger charge is 2.18. The number of benzene rings is 2. The van der Waals surface area contributed by atoms with E-state index in [2.05, 4.69) is 5.32 Å². The van der Waals surface area contributed by atoms with Gasteiger partial charge < -0.3 is 15.0 Å². The van der Waals surface area contributed by atoms with Gasteiger partial charge in [0.15, 0.2) is 0 Å². The van der Waals surface area contributed by atoms with Gasteiger partial charge in [0.05, 0.1) is 18.8 Å². The van der Waals surface area contributed by atoms with Crippen molar-refractivity contribution >= 4 is 29.7 Å². The van der Waals surface area contributed by atoms with Crippen molar-refractivity contribution in [3.05, 3.63) is 64.7 Å². The van der Waals surface area contributed by atoms with Crippen molar-refractivity contribution in [2.24, 2.45) is 0 Å². The van der Waals surface area contributed by atoms with Crippen molar-refractivity contribution in [3.8, 4) is 0 Å². The van der Waals surface area contributed by atoms with Crippen molar-refractivity contribution in [2.75, 3.05) is 25.2 Å². The van der Waals surface area contributed by atoms with Crippen LogP contribution in [0.1, 0.15) is 34.0 Å². The Morgan fingerprint density at radius 3 is 2.65 bits per heavy atom. The zero-order valence-electron chi connectivity index (χ0n) is 15.0. The smallest absolute Gasteiger partial charge is 0.251 e. The van der Waals surface area contributed by atoms with Crippen LogP contribution < -0.4 is 10.2 Å². The number of amides is 2. The van der Waals surface area contributed by atoms with E-state index in [0.717, 1.165) is 22.4 Å². The average Bonchev–Trinajstić information content (AvgIpc) is 2.63. The summed E-state index contributed by atoms with van der Waals surface area (Å²) >= 11 is 0. The SMILES string of the molecule is COCCNC(=O)c1ccc2c(c1)C=Cc1ccccc1N(C(C)=O)C2. The number of ether oxygens (including phenoxy) is 1. The Kier molecular flexibility index (Phi) is 5.49. The minimum absolute atomic E-state index is 0.0138. The van der Waals surface area contributed by atoms with Gasteiger partial charge in [-0.3, -0.25) is 9.59 Å². The molecule has 5 nitrogen and oxygen atoms in total. The number of para-hydroxylation sites is 1. The Labute approximate surface area is 153 Å². The molecule has 1 heterocycles. The molecule has 0 fully saturated rings. The molecule has 2 amide bonds. The highest BCUT2D eigenvalue weighted by molar-refractivity contribution is 5.97. The van der Waals surface area contributed by atoms with E-state index < -0.39 is 0 Å². The van der Waals surface area contributed by atoms with Crippen LogP contribution in [0, 0.1) is 0 Å². The number of fused-ring (bicyclic) bond motifs is 2. The lowest BCUT2D eigenvalue weighted by molar-refractivity contribution is -0.116. The van der Waals surface area contributed by atoms with Gasteiger partial charge >= 0.3 is 0 Å². The third kappa shape index (κ3) is 3.83. The molecule has 2 aromatic rings. The molecule has 0 spiro atoms. The number of carbonyl (C=O) groups excluding carboxylic acids is 2. The number of anilines is 1. The standard InChI is InChI=1S/C21H22N2O3/c1-15(24)23-14-19-10-9-18(21(25)22-11-12-26-2)13-17(19)8-7-16-5-3-4-6-20(16)23/h3-10,13H,11-12,14H2,1-2H3,(H,22,25). The number of rotatable bonds is 4. The molecule has 5 heteroatoms. The third-order valence-electron chi connectivity index (χ3n) is 4.38. The average molecular weight is 350 g/mol. The van der Waals surface area contributed by atoms with Gasteiger partial charge in [0.2, 0.25) is 5.91 Å². The monoisotopic (exact) mass is 350 g/mol. The second-order valence-electron chi connectivity index (χ2n) is 6.16. The molecule has 1 N–H and O–H groups in total. The zero-order chi connectivity index (χ0) is 18.5. The van der Waals surface area contributed by atoms with E-state index in [9.17, 15) is 9.59 Å². The molecule has 3 rings (SSSR count). The summed E-state index contributed by atoms with van der Waals surface area (Å²) in [7, 11) is 1.60. The van der Waals surface area contributed by atoms with Gasteiger partial charge in [-0.05, 0) is 34.9 Å². The second kappa shape index (κ2) is 7.97. The van der Waals surface area contributed by atoms with Gasteiger partial charge in [0.25, 0.3) is 5.91 Å². The molecular formula is C21H22N2O3. The molecule has 26 heavy (non-hydrogen) atoms. The van der Waals surface area contributed by atoms with Crippen molar-refractivity contribution in [2.45, 2.75) is 13.5 Å². The number of nitrogens with one attached hydrogen (secondary N) is 1. The van der Waals surface area contributed by atoms with Gasteiger partial charge in [0, 0.05) is 26.1 Å². The molecule has 2 aromatic carbocycles. The Morgan fingerprint density at radius 1 is 1.12 bits per heavy atom. The van der Waals surface area contributed by atoms with E-state index in [-0.39, 0.29) is 11.8 Å². The number of nitrogens with zero attached hydrogens (tertiary/aromatic N) is 1. The molecular weight excluding hydrogens is 328 g/mol. The molecule has 0 radical (unpaired) electrons. The summed E-state index contributed by atoms with van der Waals surface area (Å²) < 4.78 is 4.95. The molecule has 134 valence electrons. The lowest BCUT2D eigenvalue weighted by atomic mass is 9.98. The van der Waals surface area contributed by atoms with Gasteiger partial charge in [-0.25, -0.2) is 0 Å². The first-order valence-corrected chi connectivity index (χ1v) is 8.55. The summed E-state index contributed by atoms with van der Waals surface area (Å²) in [6.07, 6.45) is 3.98. The van der Waals surface area contributed by atoms with Crippen molar-refractivity contribution in [1.29, 1.82) is 0 Å². The van der Waals surface area contributed by atoms with Crippen molar-refractivity contribution in [3.63, 3.8) is 0 Å². The molecule has 1 aliphatic rings. The van der Waals surface area contributed by atoms with Crippen LogP contribution in [0.3, 0.4) is 0 Å². The third-order valence-corrected chi connectivity index (χ3v) is 4.38. The number of carbonyl (C=O) groups is 2. The second-order valence-corrected chi connectivity index (χ2v) is 6.16. The van der Waals surface area contributed by atoms with Crippen LogP contribution >= 0.6 is 0 Å². The fourth-order valence-corrected chi connectivity index (χ4v) is 2.99. The summed E-state index contributed by atoms with van der Waals surface area (Å²) in [4.78, 5) is 26.2. The maximum absolute atomic E-state index is 12.3. The molecule has 0 aromatic heterocycles. The first kappa shape index (κ1) is 17.9. The lowest BCUT2D eigenvalue weighted by Gasteiger charge is -2.26. The van der Waals surface area contributed by atoms with Gasteiger partial charge in [-0.1, -0.05) is 36.4 Å². The molecule has 0 saturated heterocycles. The van der Waals surface area contributed by atoms with E-state index in [1.807, 2.05) is 48.6 Å². The number of hydrogen-bond acceptors (Lipinski definition) is 3. The minimum atomic E-state index is -0.135. The predicted molar refractivity (Wildman–Crippen MR) is 103 cm³/mol. The van der Waals surface area contributed by atoms with Crippen LogP contribution in [0.4, 0.5) is 5.69 Å². The molecule has 0 aliphatic carbocycles. The van der Waals surface area contributed by atoms with E-state index in [0.29, 0.717) is 25.3 Å². The van der Waals surface area contributed by atoms with E-state index in [4.69, 9.17) is 4.74 Å². The first-order chi connectivity index (χ1) is 12.6. The summed E-state index contributed by atoms with van der Waals surface area (Å²) in [6, 6.07) is 13.4. The van der Waals surface area contributed by atoms with Gasteiger partial charge in [-0.15, -0.1) is 0 Å². The van der Waals surface area contributed by atoms with E-state index >= 15 is 0 Å². The van der Waals surface area contributed by atoms with Crippen LogP contribution in [0.2, 0.25) is 0 Å². The Balaban J connectivity index is 1.95. The Hall–Kier alpha value is -2.92. The summed E-state index contributed by atoms with van der Waals surface area (Å²) in [6.45, 7) is 2.98. The van der Waals surface area contributed by atoms with E-state index in [1.54, 1.807) is 25.0 Å².